The molecule has 0 amide bonds. The average Bonchev–Trinajstić information content (AvgIpc) is 2.18. The van der Waals surface area contributed by atoms with Gasteiger partial charge >= 0.3 is 0 Å². The fraction of sp³-hybridized carbons (Fsp3) is 0.333. The summed E-state index contributed by atoms with van der Waals surface area (Å²) in [5.74, 6) is 0. The number of nitrogens with one attached hydrogen (secondary N) is 1. The number of rotatable bonds is 4. The molecule has 0 unspecified atom stereocenters. The molecule has 0 radical (unpaired) electrons. The monoisotopic (exact) mass is 196 g/mol. The lowest BCUT2D eigenvalue weighted by molar-refractivity contribution is -0.384. The molecule has 5 nitrogen and oxygen atoms in total. The van der Waals surface area contributed by atoms with Crippen molar-refractivity contribution < 1.29 is 10.7 Å². The highest BCUT2D eigenvalue weighted by Gasteiger charge is 2.05. The molecule has 1 rings (SSSR count). The van der Waals surface area contributed by atoms with Crippen LogP contribution in [0.4, 0.5) is 11.4 Å². The van der Waals surface area contributed by atoms with E-state index in [0.717, 1.165) is 12.2 Å². The number of quaternary nitrogens is 1. The predicted molar refractivity (Wildman–Crippen MR) is 53.9 cm³/mol. The number of hydrogen-bond donors (Lipinski definition) is 2. The molecule has 0 spiro atoms. The highest BCUT2D eigenvalue weighted by atomic mass is 16.6. The molecule has 76 valence electrons. The maximum Gasteiger partial charge on any atom is 0.269 e. The van der Waals surface area contributed by atoms with Crippen LogP contribution in [0.5, 0.6) is 0 Å². The highest BCUT2D eigenvalue weighted by Crippen LogP contribution is 2.15. The van der Waals surface area contributed by atoms with E-state index in [0.29, 0.717) is 0 Å². The number of nitro groups is 1. The van der Waals surface area contributed by atoms with Gasteiger partial charge in [0.05, 0.1) is 17.5 Å². The van der Waals surface area contributed by atoms with Gasteiger partial charge in [0, 0.05) is 17.8 Å². The molecule has 1 atom stereocenters. The van der Waals surface area contributed by atoms with Crippen LogP contribution in [-0.4, -0.2) is 17.5 Å². The number of nitrogens with zero attached hydrogens (tertiary/aromatic N) is 1. The summed E-state index contributed by atoms with van der Waals surface area (Å²) < 4.78 is 0. The first kappa shape index (κ1) is 10.5. The van der Waals surface area contributed by atoms with Gasteiger partial charge in [0.2, 0.25) is 0 Å². The quantitative estimate of drug-likeness (QED) is 0.547. The van der Waals surface area contributed by atoms with E-state index in [2.05, 4.69) is 11.1 Å². The van der Waals surface area contributed by atoms with Crippen LogP contribution < -0.4 is 11.1 Å². The Hall–Kier alpha value is -1.62. The summed E-state index contributed by atoms with van der Waals surface area (Å²) in [5.41, 5.74) is 4.75. The van der Waals surface area contributed by atoms with E-state index < -0.39 is 4.92 Å². The third kappa shape index (κ3) is 2.70. The Balaban J connectivity index is 2.68. The standard InChI is InChI=1S/C9H13N3O2/c1-7(6-10)11-8-2-4-9(5-3-8)12(13)14/h2-5,7,11H,6,10H2,1H3/p+1/t7-/m1/s1. The molecule has 0 aliphatic carbocycles. The lowest BCUT2D eigenvalue weighted by atomic mass is 10.2. The summed E-state index contributed by atoms with van der Waals surface area (Å²) >= 11 is 0. The SMILES string of the molecule is C[C@H](C[NH3+])Nc1ccc([N+](=O)[O-])cc1. The molecule has 0 heterocycles. The van der Waals surface area contributed by atoms with Gasteiger partial charge in [0.1, 0.15) is 0 Å². The summed E-state index contributed by atoms with van der Waals surface area (Å²) in [6.45, 7) is 2.78. The molecule has 1 aromatic carbocycles. The highest BCUT2D eigenvalue weighted by molar-refractivity contribution is 5.48. The van der Waals surface area contributed by atoms with Crippen molar-refractivity contribution in [2.45, 2.75) is 13.0 Å². The van der Waals surface area contributed by atoms with Gasteiger partial charge in [-0.05, 0) is 19.1 Å². The molecule has 4 N–H and O–H groups in total. The van der Waals surface area contributed by atoms with Crippen molar-refractivity contribution in [2.75, 3.05) is 11.9 Å². The second kappa shape index (κ2) is 4.57. The molecule has 1 aromatic rings. The number of non-ortho nitro benzene ring substituents is 1. The number of nitro benzene ring substituents is 1. The lowest BCUT2D eigenvalue weighted by Gasteiger charge is -2.10. The molecular weight excluding hydrogens is 182 g/mol. The summed E-state index contributed by atoms with van der Waals surface area (Å²) in [6, 6.07) is 6.64. The summed E-state index contributed by atoms with van der Waals surface area (Å²) in [5, 5.41) is 13.5. The third-order valence-corrected chi connectivity index (χ3v) is 1.92. The van der Waals surface area contributed by atoms with Crippen LogP contribution in [0.25, 0.3) is 0 Å². The first-order chi connectivity index (χ1) is 6.63. The van der Waals surface area contributed by atoms with Crippen molar-refractivity contribution >= 4 is 11.4 Å². The first-order valence-corrected chi connectivity index (χ1v) is 4.43. The zero-order valence-corrected chi connectivity index (χ0v) is 8.06. The van der Waals surface area contributed by atoms with Gasteiger partial charge < -0.3 is 11.1 Å². The Morgan fingerprint density at radius 1 is 1.50 bits per heavy atom. The molecule has 0 bridgehead atoms. The molecule has 14 heavy (non-hydrogen) atoms. The predicted octanol–water partition coefficient (Wildman–Crippen LogP) is 0.637. The number of hydrogen-bond acceptors (Lipinski definition) is 3. The van der Waals surface area contributed by atoms with Crippen LogP contribution >= 0.6 is 0 Å². The van der Waals surface area contributed by atoms with Crippen molar-refractivity contribution in [2.24, 2.45) is 0 Å². The van der Waals surface area contributed by atoms with Crippen LogP contribution in [0.2, 0.25) is 0 Å². The Labute approximate surface area is 82.1 Å². The maximum absolute atomic E-state index is 10.4. The molecule has 0 fully saturated rings. The van der Waals surface area contributed by atoms with Crippen LogP contribution in [0.3, 0.4) is 0 Å². The molecule has 0 saturated heterocycles. The van der Waals surface area contributed by atoms with Crippen molar-refractivity contribution in [3.8, 4) is 0 Å². The molecular formula is C9H14N3O2+. The molecule has 5 heteroatoms. The Morgan fingerprint density at radius 3 is 2.50 bits per heavy atom. The Bertz CT molecular complexity index is 310. The van der Waals surface area contributed by atoms with E-state index in [-0.39, 0.29) is 11.7 Å². The van der Waals surface area contributed by atoms with Crippen molar-refractivity contribution in [1.29, 1.82) is 0 Å². The lowest BCUT2D eigenvalue weighted by Crippen LogP contribution is -2.56. The fourth-order valence-electron chi connectivity index (χ4n) is 1.04. The van der Waals surface area contributed by atoms with Crippen LogP contribution in [0.15, 0.2) is 24.3 Å². The van der Waals surface area contributed by atoms with Crippen molar-refractivity contribution in [3.63, 3.8) is 0 Å². The minimum atomic E-state index is -0.408. The van der Waals surface area contributed by atoms with Crippen molar-refractivity contribution in [3.05, 3.63) is 34.4 Å². The zero-order valence-electron chi connectivity index (χ0n) is 8.06. The average molecular weight is 196 g/mol. The summed E-state index contributed by atoms with van der Waals surface area (Å²) in [7, 11) is 0. The molecule has 0 aliphatic heterocycles. The van der Waals surface area contributed by atoms with E-state index in [1.807, 2.05) is 6.92 Å². The van der Waals surface area contributed by atoms with E-state index in [1.54, 1.807) is 12.1 Å². The minimum absolute atomic E-state index is 0.109. The van der Waals surface area contributed by atoms with Crippen molar-refractivity contribution in [1.82, 2.24) is 0 Å². The van der Waals surface area contributed by atoms with Gasteiger partial charge in [-0.3, -0.25) is 10.1 Å². The second-order valence-electron chi connectivity index (χ2n) is 3.14. The second-order valence-corrected chi connectivity index (χ2v) is 3.14. The van der Waals surface area contributed by atoms with Crippen LogP contribution in [-0.2, 0) is 0 Å². The van der Waals surface area contributed by atoms with E-state index in [1.165, 1.54) is 12.1 Å². The topological polar surface area (TPSA) is 82.8 Å². The smallest absolute Gasteiger partial charge is 0.269 e. The van der Waals surface area contributed by atoms with Crippen LogP contribution in [0.1, 0.15) is 6.92 Å². The minimum Gasteiger partial charge on any atom is -0.377 e. The van der Waals surface area contributed by atoms with Gasteiger partial charge in [-0.2, -0.15) is 0 Å². The molecule has 0 saturated carbocycles. The zero-order chi connectivity index (χ0) is 10.6. The third-order valence-electron chi connectivity index (χ3n) is 1.92. The Kier molecular flexibility index (Phi) is 3.41. The van der Waals surface area contributed by atoms with Gasteiger partial charge in [-0.15, -0.1) is 0 Å². The first-order valence-electron chi connectivity index (χ1n) is 4.43. The number of benzene rings is 1. The molecule has 0 aromatic heterocycles. The Morgan fingerprint density at radius 2 is 2.07 bits per heavy atom. The fourth-order valence-corrected chi connectivity index (χ4v) is 1.04. The van der Waals surface area contributed by atoms with E-state index in [9.17, 15) is 10.1 Å². The van der Waals surface area contributed by atoms with Crippen LogP contribution in [0, 0.1) is 10.1 Å². The normalized spacial score (nSPS) is 12.1. The van der Waals surface area contributed by atoms with Gasteiger partial charge in [0.25, 0.3) is 5.69 Å². The number of anilines is 1. The van der Waals surface area contributed by atoms with Gasteiger partial charge in [-0.25, -0.2) is 0 Å². The summed E-state index contributed by atoms with van der Waals surface area (Å²) in [4.78, 5) is 9.96. The summed E-state index contributed by atoms with van der Waals surface area (Å²) in [6.07, 6.45) is 0. The van der Waals surface area contributed by atoms with E-state index >= 15 is 0 Å². The molecule has 0 aliphatic rings. The van der Waals surface area contributed by atoms with Gasteiger partial charge in [-0.1, -0.05) is 0 Å². The van der Waals surface area contributed by atoms with Gasteiger partial charge in [0.15, 0.2) is 0 Å². The maximum atomic E-state index is 10.4. The van der Waals surface area contributed by atoms with E-state index in [4.69, 9.17) is 0 Å². The largest absolute Gasteiger partial charge is 0.377 e.